The second-order valence-electron chi connectivity index (χ2n) is 4.59. The van der Waals surface area contributed by atoms with Crippen molar-refractivity contribution < 1.29 is 4.79 Å². The van der Waals surface area contributed by atoms with Gasteiger partial charge in [-0.15, -0.1) is 0 Å². The van der Waals surface area contributed by atoms with Gasteiger partial charge in [0.1, 0.15) is 0 Å². The van der Waals surface area contributed by atoms with Crippen molar-refractivity contribution >= 4 is 17.3 Å². The second kappa shape index (κ2) is 5.61. The molecule has 104 valence electrons. The van der Waals surface area contributed by atoms with Gasteiger partial charge in [-0.2, -0.15) is 0 Å². The van der Waals surface area contributed by atoms with E-state index in [1.807, 2.05) is 13.0 Å². The van der Waals surface area contributed by atoms with Crippen LogP contribution >= 0.6 is 0 Å². The molecule has 0 radical (unpaired) electrons. The van der Waals surface area contributed by atoms with Crippen molar-refractivity contribution in [1.82, 2.24) is 4.57 Å². The van der Waals surface area contributed by atoms with E-state index >= 15 is 0 Å². The van der Waals surface area contributed by atoms with Crippen LogP contribution in [0.1, 0.15) is 22.8 Å². The smallest absolute Gasteiger partial charge is 0.255 e. The Bertz CT molecular complexity index is 705. The van der Waals surface area contributed by atoms with Gasteiger partial charge in [0.15, 0.2) is 0 Å². The number of nitrogens with two attached hydrogens (primary N) is 1. The van der Waals surface area contributed by atoms with E-state index in [0.717, 1.165) is 12.0 Å². The van der Waals surface area contributed by atoms with Crippen molar-refractivity contribution in [2.45, 2.75) is 13.3 Å². The summed E-state index contributed by atoms with van der Waals surface area (Å²) >= 11 is 0. The molecule has 1 amide bonds. The molecule has 20 heavy (non-hydrogen) atoms. The lowest BCUT2D eigenvalue weighted by molar-refractivity contribution is 0.102. The molecular formula is C15H17N3O2. The molecule has 0 saturated carbocycles. The molecule has 1 aromatic heterocycles. The quantitative estimate of drug-likeness (QED) is 0.835. The van der Waals surface area contributed by atoms with Crippen LogP contribution in [0.2, 0.25) is 0 Å². The third-order valence-corrected chi connectivity index (χ3v) is 3.15. The highest BCUT2D eigenvalue weighted by atomic mass is 16.2. The summed E-state index contributed by atoms with van der Waals surface area (Å²) in [5.41, 5.74) is 8.29. The molecule has 0 aliphatic heterocycles. The third kappa shape index (κ3) is 2.88. The average Bonchev–Trinajstić information content (AvgIpc) is 2.42. The van der Waals surface area contributed by atoms with Crippen molar-refractivity contribution in [2.75, 3.05) is 11.1 Å². The van der Waals surface area contributed by atoms with Gasteiger partial charge in [0, 0.05) is 36.2 Å². The SMILES string of the molecule is CCc1ccc(NC(=O)c2ccn(C)c(=O)c2)cc1N. The fourth-order valence-electron chi connectivity index (χ4n) is 1.89. The Morgan fingerprint density at radius 3 is 2.65 bits per heavy atom. The van der Waals surface area contributed by atoms with E-state index in [0.29, 0.717) is 16.9 Å². The van der Waals surface area contributed by atoms with Crippen LogP contribution in [0.5, 0.6) is 0 Å². The fraction of sp³-hybridized carbons (Fsp3) is 0.200. The summed E-state index contributed by atoms with van der Waals surface area (Å²) in [6.07, 6.45) is 2.40. The lowest BCUT2D eigenvalue weighted by Gasteiger charge is -2.09. The van der Waals surface area contributed by atoms with E-state index in [4.69, 9.17) is 5.73 Å². The van der Waals surface area contributed by atoms with Crippen LogP contribution < -0.4 is 16.6 Å². The number of nitrogens with one attached hydrogen (secondary N) is 1. The van der Waals surface area contributed by atoms with Crippen LogP contribution in [0.25, 0.3) is 0 Å². The predicted molar refractivity (Wildman–Crippen MR) is 79.9 cm³/mol. The van der Waals surface area contributed by atoms with Crippen LogP contribution in [-0.2, 0) is 13.5 Å². The monoisotopic (exact) mass is 271 g/mol. The van der Waals surface area contributed by atoms with E-state index in [2.05, 4.69) is 5.32 Å². The zero-order valence-electron chi connectivity index (χ0n) is 11.5. The van der Waals surface area contributed by atoms with Gasteiger partial charge in [0.2, 0.25) is 0 Å². The minimum atomic E-state index is -0.327. The topological polar surface area (TPSA) is 77.1 Å². The molecule has 0 fully saturated rings. The zero-order valence-corrected chi connectivity index (χ0v) is 11.5. The molecule has 1 heterocycles. The summed E-state index contributed by atoms with van der Waals surface area (Å²) in [4.78, 5) is 23.5. The second-order valence-corrected chi connectivity index (χ2v) is 4.59. The van der Waals surface area contributed by atoms with Crippen molar-refractivity contribution in [3.05, 3.63) is 58.0 Å². The molecule has 5 nitrogen and oxygen atoms in total. The number of benzene rings is 1. The van der Waals surface area contributed by atoms with Gasteiger partial charge in [-0.1, -0.05) is 13.0 Å². The highest BCUT2D eigenvalue weighted by molar-refractivity contribution is 6.04. The first-order valence-corrected chi connectivity index (χ1v) is 6.37. The normalized spacial score (nSPS) is 10.3. The van der Waals surface area contributed by atoms with Crippen molar-refractivity contribution in [1.29, 1.82) is 0 Å². The molecule has 0 saturated heterocycles. The number of anilines is 2. The first-order chi connectivity index (χ1) is 9.51. The maximum Gasteiger partial charge on any atom is 0.255 e. The summed E-state index contributed by atoms with van der Waals surface area (Å²) in [5, 5.41) is 2.73. The van der Waals surface area contributed by atoms with Gasteiger partial charge in [-0.3, -0.25) is 9.59 Å². The number of aromatic nitrogens is 1. The summed E-state index contributed by atoms with van der Waals surface area (Å²) in [6.45, 7) is 2.02. The molecule has 0 atom stereocenters. The third-order valence-electron chi connectivity index (χ3n) is 3.15. The van der Waals surface area contributed by atoms with Gasteiger partial charge < -0.3 is 15.6 Å². The number of hydrogen-bond donors (Lipinski definition) is 2. The molecule has 0 unspecified atom stereocenters. The molecule has 0 aliphatic carbocycles. The molecule has 3 N–H and O–H groups in total. The number of pyridine rings is 1. The number of carbonyl (C=O) groups excluding carboxylic acids is 1. The molecule has 1 aromatic carbocycles. The number of aryl methyl sites for hydroxylation is 2. The highest BCUT2D eigenvalue weighted by Crippen LogP contribution is 2.18. The van der Waals surface area contributed by atoms with Gasteiger partial charge in [0.05, 0.1) is 0 Å². The number of hydrogen-bond acceptors (Lipinski definition) is 3. The number of nitrogens with zero attached hydrogens (tertiary/aromatic N) is 1. The van der Waals surface area contributed by atoms with Crippen LogP contribution in [0.4, 0.5) is 11.4 Å². The van der Waals surface area contributed by atoms with E-state index in [1.54, 1.807) is 31.4 Å². The Morgan fingerprint density at radius 2 is 2.05 bits per heavy atom. The molecule has 2 rings (SSSR count). The maximum absolute atomic E-state index is 12.0. The summed E-state index contributed by atoms with van der Waals surface area (Å²) < 4.78 is 1.41. The Balaban J connectivity index is 2.21. The summed E-state index contributed by atoms with van der Waals surface area (Å²) in [7, 11) is 1.63. The Morgan fingerprint density at radius 1 is 1.30 bits per heavy atom. The fourth-order valence-corrected chi connectivity index (χ4v) is 1.89. The zero-order chi connectivity index (χ0) is 14.7. The van der Waals surface area contributed by atoms with Crippen molar-refractivity contribution in [3.8, 4) is 0 Å². The van der Waals surface area contributed by atoms with Crippen molar-refractivity contribution in [3.63, 3.8) is 0 Å². The standard InChI is InChI=1S/C15H17N3O2/c1-3-10-4-5-12(9-13(10)16)17-15(20)11-6-7-18(2)14(19)8-11/h4-9H,3,16H2,1-2H3,(H,17,20). The number of nitrogen functional groups attached to an aromatic ring is 1. The first-order valence-electron chi connectivity index (χ1n) is 6.37. The Labute approximate surface area is 117 Å². The lowest BCUT2D eigenvalue weighted by atomic mass is 10.1. The van der Waals surface area contributed by atoms with Gasteiger partial charge >= 0.3 is 0 Å². The Hall–Kier alpha value is -2.56. The van der Waals surface area contributed by atoms with Crippen LogP contribution in [-0.4, -0.2) is 10.5 Å². The van der Waals surface area contributed by atoms with E-state index in [9.17, 15) is 9.59 Å². The van der Waals surface area contributed by atoms with E-state index in [1.165, 1.54) is 10.6 Å². The van der Waals surface area contributed by atoms with Gasteiger partial charge in [-0.25, -0.2) is 0 Å². The molecule has 0 spiro atoms. The maximum atomic E-state index is 12.0. The molecule has 5 heteroatoms. The minimum Gasteiger partial charge on any atom is -0.398 e. The highest BCUT2D eigenvalue weighted by Gasteiger charge is 2.08. The van der Waals surface area contributed by atoms with E-state index in [-0.39, 0.29) is 11.5 Å². The first kappa shape index (κ1) is 13.9. The van der Waals surface area contributed by atoms with Crippen LogP contribution in [0.15, 0.2) is 41.3 Å². The lowest BCUT2D eigenvalue weighted by Crippen LogP contribution is -2.20. The van der Waals surface area contributed by atoms with Crippen LogP contribution in [0.3, 0.4) is 0 Å². The van der Waals surface area contributed by atoms with E-state index < -0.39 is 0 Å². The summed E-state index contributed by atoms with van der Waals surface area (Å²) in [6, 6.07) is 8.31. The average molecular weight is 271 g/mol. The number of rotatable bonds is 3. The minimum absolute atomic E-state index is 0.224. The van der Waals surface area contributed by atoms with Gasteiger partial charge in [0.25, 0.3) is 11.5 Å². The molecule has 0 aliphatic rings. The van der Waals surface area contributed by atoms with Crippen molar-refractivity contribution in [2.24, 2.45) is 7.05 Å². The summed E-state index contributed by atoms with van der Waals surface area (Å²) in [5.74, 6) is -0.327. The largest absolute Gasteiger partial charge is 0.398 e. The number of carbonyl (C=O) groups is 1. The van der Waals surface area contributed by atoms with Crippen LogP contribution in [0, 0.1) is 0 Å². The molecule has 2 aromatic rings. The van der Waals surface area contributed by atoms with Gasteiger partial charge in [-0.05, 0) is 30.2 Å². The Kier molecular flexibility index (Phi) is 3.89. The number of amides is 1. The molecule has 0 bridgehead atoms. The predicted octanol–water partition coefficient (Wildman–Crippen LogP) is 1.78. The molecular weight excluding hydrogens is 254 g/mol.